The standard InChI is InChI=1S/C33H29NO6/c1-37-27-18-24(19-28(38-2)31(27)39-3)29(22-12-6-5-7-13-22)30-25-15-8-9-16-26(25)34(32(30)35)20-21-11-10-14-23(17-21)33(36)40-4/h5-19H,20H2,1-4H3. The molecular formula is C33H29NO6. The molecule has 1 amide bonds. The van der Waals surface area contributed by atoms with E-state index in [2.05, 4.69) is 0 Å². The molecule has 0 aromatic heterocycles. The van der Waals surface area contributed by atoms with E-state index in [-0.39, 0.29) is 12.5 Å². The zero-order valence-corrected chi connectivity index (χ0v) is 22.8. The monoisotopic (exact) mass is 535 g/mol. The van der Waals surface area contributed by atoms with Crippen LogP contribution in [0.3, 0.4) is 0 Å². The minimum atomic E-state index is -0.427. The lowest BCUT2D eigenvalue weighted by atomic mass is 9.89. The zero-order valence-electron chi connectivity index (χ0n) is 22.8. The molecule has 0 aliphatic carbocycles. The first-order chi connectivity index (χ1) is 19.5. The molecule has 5 rings (SSSR count). The van der Waals surface area contributed by atoms with Crippen molar-refractivity contribution in [3.63, 3.8) is 0 Å². The number of anilines is 1. The van der Waals surface area contributed by atoms with Crippen molar-refractivity contribution in [3.05, 3.63) is 119 Å². The molecule has 1 heterocycles. The number of fused-ring (bicyclic) bond motifs is 1. The van der Waals surface area contributed by atoms with Gasteiger partial charge in [-0.25, -0.2) is 4.79 Å². The third-order valence-electron chi connectivity index (χ3n) is 6.88. The van der Waals surface area contributed by atoms with Gasteiger partial charge in [0.2, 0.25) is 5.75 Å². The minimum Gasteiger partial charge on any atom is -0.493 e. The van der Waals surface area contributed by atoms with Gasteiger partial charge in [-0.15, -0.1) is 0 Å². The van der Waals surface area contributed by atoms with Crippen molar-refractivity contribution < 1.29 is 28.5 Å². The van der Waals surface area contributed by atoms with E-state index in [0.29, 0.717) is 28.4 Å². The van der Waals surface area contributed by atoms with Crippen LogP contribution in [0.1, 0.15) is 32.6 Å². The average Bonchev–Trinajstić information content (AvgIpc) is 3.27. The van der Waals surface area contributed by atoms with E-state index in [9.17, 15) is 9.59 Å². The number of amides is 1. The predicted octanol–water partition coefficient (Wildman–Crippen LogP) is 6.00. The Kier molecular flexibility index (Phi) is 7.55. The first-order valence-corrected chi connectivity index (χ1v) is 12.7. The molecule has 0 N–H and O–H groups in total. The Balaban J connectivity index is 1.72. The van der Waals surface area contributed by atoms with Crippen LogP contribution >= 0.6 is 0 Å². The lowest BCUT2D eigenvalue weighted by Gasteiger charge is -2.19. The van der Waals surface area contributed by atoms with E-state index in [1.54, 1.807) is 44.4 Å². The first kappa shape index (κ1) is 26.6. The summed E-state index contributed by atoms with van der Waals surface area (Å²) in [5.74, 6) is 0.861. The third kappa shape index (κ3) is 4.78. The van der Waals surface area contributed by atoms with Crippen molar-refractivity contribution in [2.45, 2.75) is 6.54 Å². The smallest absolute Gasteiger partial charge is 0.337 e. The van der Waals surface area contributed by atoms with Gasteiger partial charge < -0.3 is 23.8 Å². The number of para-hydroxylation sites is 1. The molecule has 40 heavy (non-hydrogen) atoms. The minimum absolute atomic E-state index is 0.155. The summed E-state index contributed by atoms with van der Waals surface area (Å²) >= 11 is 0. The van der Waals surface area contributed by atoms with Crippen molar-refractivity contribution >= 4 is 28.7 Å². The van der Waals surface area contributed by atoms with Gasteiger partial charge in [-0.05, 0) is 47.0 Å². The van der Waals surface area contributed by atoms with E-state index in [4.69, 9.17) is 18.9 Å². The van der Waals surface area contributed by atoms with Crippen LogP contribution < -0.4 is 19.1 Å². The molecule has 0 fully saturated rings. The molecule has 1 aliphatic rings. The van der Waals surface area contributed by atoms with Gasteiger partial charge in [0, 0.05) is 11.1 Å². The highest BCUT2D eigenvalue weighted by Crippen LogP contribution is 2.47. The van der Waals surface area contributed by atoms with Gasteiger partial charge in [0.15, 0.2) is 11.5 Å². The number of hydrogen-bond acceptors (Lipinski definition) is 6. The number of nitrogens with zero attached hydrogens (tertiary/aromatic N) is 1. The molecular weight excluding hydrogens is 506 g/mol. The highest BCUT2D eigenvalue weighted by Gasteiger charge is 2.35. The third-order valence-corrected chi connectivity index (χ3v) is 6.88. The Hall–Kier alpha value is -5.04. The fourth-order valence-electron chi connectivity index (χ4n) is 5.06. The van der Waals surface area contributed by atoms with Gasteiger partial charge in [-0.1, -0.05) is 60.7 Å². The summed E-state index contributed by atoms with van der Waals surface area (Å²) in [4.78, 5) is 28.2. The van der Waals surface area contributed by atoms with Crippen LogP contribution in [0.15, 0.2) is 91.0 Å². The van der Waals surface area contributed by atoms with Crippen molar-refractivity contribution in [2.75, 3.05) is 33.3 Å². The highest BCUT2D eigenvalue weighted by molar-refractivity contribution is 6.38. The van der Waals surface area contributed by atoms with Gasteiger partial charge in [0.1, 0.15) is 0 Å². The molecule has 0 bridgehead atoms. The maximum absolute atomic E-state index is 14.4. The second-order valence-electron chi connectivity index (χ2n) is 9.13. The predicted molar refractivity (Wildman–Crippen MR) is 154 cm³/mol. The first-order valence-electron chi connectivity index (χ1n) is 12.7. The lowest BCUT2D eigenvalue weighted by Crippen LogP contribution is -2.26. The summed E-state index contributed by atoms with van der Waals surface area (Å²) in [6.45, 7) is 0.279. The van der Waals surface area contributed by atoms with E-state index in [0.717, 1.165) is 33.5 Å². The van der Waals surface area contributed by atoms with Crippen molar-refractivity contribution in [3.8, 4) is 17.2 Å². The van der Waals surface area contributed by atoms with Crippen LogP contribution in [0.4, 0.5) is 5.69 Å². The summed E-state index contributed by atoms with van der Waals surface area (Å²) in [7, 11) is 6.04. The summed E-state index contributed by atoms with van der Waals surface area (Å²) in [6.07, 6.45) is 0. The van der Waals surface area contributed by atoms with Gasteiger partial charge in [-0.2, -0.15) is 0 Å². The molecule has 0 saturated heterocycles. The fourth-order valence-corrected chi connectivity index (χ4v) is 5.06. The Morgan fingerprint density at radius 1 is 0.700 bits per heavy atom. The molecule has 7 nitrogen and oxygen atoms in total. The normalized spacial score (nSPS) is 13.5. The number of esters is 1. The van der Waals surface area contributed by atoms with Crippen LogP contribution in [0.25, 0.3) is 11.1 Å². The Morgan fingerprint density at radius 2 is 1.35 bits per heavy atom. The second kappa shape index (κ2) is 11.4. The van der Waals surface area contributed by atoms with Crippen molar-refractivity contribution in [2.24, 2.45) is 0 Å². The molecule has 7 heteroatoms. The van der Waals surface area contributed by atoms with Crippen LogP contribution in [-0.4, -0.2) is 40.3 Å². The molecule has 4 aromatic carbocycles. The van der Waals surface area contributed by atoms with Gasteiger partial charge >= 0.3 is 5.97 Å². The summed E-state index contributed by atoms with van der Waals surface area (Å²) in [6, 6.07) is 28.3. The van der Waals surface area contributed by atoms with Gasteiger partial charge in [0.25, 0.3) is 5.91 Å². The average molecular weight is 536 g/mol. The zero-order chi connectivity index (χ0) is 28.2. The number of ether oxygens (including phenoxy) is 4. The highest BCUT2D eigenvalue weighted by atomic mass is 16.5. The van der Waals surface area contributed by atoms with Crippen LogP contribution in [-0.2, 0) is 16.1 Å². The van der Waals surface area contributed by atoms with Crippen LogP contribution in [0.2, 0.25) is 0 Å². The molecule has 0 atom stereocenters. The van der Waals surface area contributed by atoms with Gasteiger partial charge in [0.05, 0.1) is 51.8 Å². The maximum Gasteiger partial charge on any atom is 0.337 e. The topological polar surface area (TPSA) is 74.3 Å². The second-order valence-corrected chi connectivity index (χ2v) is 9.13. The molecule has 202 valence electrons. The number of hydrogen-bond donors (Lipinski definition) is 0. The van der Waals surface area contributed by atoms with E-state index >= 15 is 0 Å². The number of methoxy groups -OCH3 is 4. The van der Waals surface area contributed by atoms with E-state index in [1.807, 2.05) is 72.8 Å². The molecule has 1 aliphatic heterocycles. The fraction of sp³-hybridized carbons (Fsp3) is 0.152. The molecule has 0 unspecified atom stereocenters. The SMILES string of the molecule is COC(=O)c1cccc(CN2C(=O)C(=C(c3ccccc3)c3cc(OC)c(OC)c(OC)c3)c3ccccc32)c1. The van der Waals surface area contributed by atoms with Crippen molar-refractivity contribution in [1.82, 2.24) is 0 Å². The summed E-state index contributed by atoms with van der Waals surface area (Å²) in [5.41, 5.74) is 5.73. The number of benzene rings is 4. The summed E-state index contributed by atoms with van der Waals surface area (Å²) < 4.78 is 21.7. The molecule has 4 aromatic rings. The molecule has 0 radical (unpaired) electrons. The molecule has 0 saturated carbocycles. The maximum atomic E-state index is 14.4. The number of carbonyl (C=O) groups excluding carboxylic acids is 2. The van der Waals surface area contributed by atoms with Gasteiger partial charge in [-0.3, -0.25) is 4.79 Å². The lowest BCUT2D eigenvalue weighted by molar-refractivity contribution is -0.113. The number of carbonyl (C=O) groups is 2. The quantitative estimate of drug-likeness (QED) is 0.203. The van der Waals surface area contributed by atoms with Crippen LogP contribution in [0, 0.1) is 0 Å². The van der Waals surface area contributed by atoms with Crippen LogP contribution in [0.5, 0.6) is 17.2 Å². The van der Waals surface area contributed by atoms with E-state index < -0.39 is 5.97 Å². The Labute approximate surface area is 233 Å². The summed E-state index contributed by atoms with van der Waals surface area (Å²) in [5, 5.41) is 0. The number of rotatable bonds is 8. The van der Waals surface area contributed by atoms with E-state index in [1.165, 1.54) is 7.11 Å². The Morgan fingerprint density at radius 3 is 2.00 bits per heavy atom. The molecule has 0 spiro atoms. The van der Waals surface area contributed by atoms with Crippen molar-refractivity contribution in [1.29, 1.82) is 0 Å². The largest absolute Gasteiger partial charge is 0.493 e. The Bertz CT molecular complexity index is 1580.